The molecule has 5 heteroatoms. The number of benzene rings is 1. The average molecular weight is 243 g/mol. The van der Waals surface area contributed by atoms with E-state index in [0.29, 0.717) is 22.9 Å². The van der Waals surface area contributed by atoms with Crippen LogP contribution in [0.5, 0.6) is 0 Å². The zero-order valence-corrected chi connectivity index (χ0v) is 10.0. The maximum absolute atomic E-state index is 11.8. The topological polar surface area (TPSA) is 64.3 Å². The van der Waals surface area contributed by atoms with Crippen molar-refractivity contribution in [1.82, 2.24) is 5.32 Å². The molecule has 0 spiro atoms. The molecule has 1 atom stereocenters. The molecule has 1 unspecified atom stereocenters. The van der Waals surface area contributed by atoms with E-state index in [-0.39, 0.29) is 11.9 Å². The molecule has 3 N–H and O–H groups in total. The molecule has 1 amide bonds. The van der Waals surface area contributed by atoms with Crippen molar-refractivity contribution in [2.45, 2.75) is 13.0 Å². The first-order valence-electron chi connectivity index (χ1n) is 4.89. The second-order valence-corrected chi connectivity index (χ2v) is 4.04. The predicted molar refractivity (Wildman–Crippen MR) is 64.7 cm³/mol. The standard InChI is InChI=1S/C11H15ClN2O2/c1-7(6-16-2)14-11(15)8-3-9(12)5-10(13)4-8/h3-5,7H,6,13H2,1-2H3,(H,14,15). The van der Waals surface area contributed by atoms with Gasteiger partial charge in [-0.1, -0.05) is 11.6 Å². The van der Waals surface area contributed by atoms with E-state index in [4.69, 9.17) is 22.1 Å². The number of carbonyl (C=O) groups is 1. The summed E-state index contributed by atoms with van der Waals surface area (Å²) in [5, 5.41) is 3.22. The van der Waals surface area contributed by atoms with Crippen LogP contribution in [0.15, 0.2) is 18.2 Å². The van der Waals surface area contributed by atoms with Crippen LogP contribution >= 0.6 is 11.6 Å². The van der Waals surface area contributed by atoms with Crippen LogP contribution in [0.25, 0.3) is 0 Å². The van der Waals surface area contributed by atoms with Crippen LogP contribution in [0.4, 0.5) is 5.69 Å². The van der Waals surface area contributed by atoms with Crippen molar-refractivity contribution in [3.05, 3.63) is 28.8 Å². The van der Waals surface area contributed by atoms with E-state index in [1.165, 1.54) is 0 Å². The monoisotopic (exact) mass is 242 g/mol. The maximum Gasteiger partial charge on any atom is 0.251 e. The molecule has 4 nitrogen and oxygen atoms in total. The Kier molecular flexibility index (Phi) is 4.58. The van der Waals surface area contributed by atoms with Crippen LogP contribution in [0.1, 0.15) is 17.3 Å². The van der Waals surface area contributed by atoms with Crippen molar-refractivity contribution in [2.24, 2.45) is 0 Å². The molecular formula is C11H15ClN2O2. The Morgan fingerprint density at radius 2 is 2.25 bits per heavy atom. The molecule has 1 aromatic rings. The number of anilines is 1. The van der Waals surface area contributed by atoms with E-state index in [1.54, 1.807) is 25.3 Å². The summed E-state index contributed by atoms with van der Waals surface area (Å²) in [5.74, 6) is -0.209. The highest BCUT2D eigenvalue weighted by atomic mass is 35.5. The molecular weight excluding hydrogens is 228 g/mol. The summed E-state index contributed by atoms with van der Waals surface area (Å²) in [6.07, 6.45) is 0. The second kappa shape index (κ2) is 5.72. The number of methoxy groups -OCH3 is 1. The van der Waals surface area contributed by atoms with Crippen molar-refractivity contribution >= 4 is 23.2 Å². The third-order valence-corrected chi connectivity index (χ3v) is 2.19. The normalized spacial score (nSPS) is 12.2. The molecule has 0 bridgehead atoms. The van der Waals surface area contributed by atoms with Gasteiger partial charge >= 0.3 is 0 Å². The van der Waals surface area contributed by atoms with Crippen molar-refractivity contribution in [2.75, 3.05) is 19.5 Å². The van der Waals surface area contributed by atoms with Crippen LogP contribution in [0, 0.1) is 0 Å². The van der Waals surface area contributed by atoms with Crippen molar-refractivity contribution in [3.63, 3.8) is 0 Å². The first-order chi connectivity index (χ1) is 7.52. The summed E-state index contributed by atoms with van der Waals surface area (Å²) in [6.45, 7) is 2.32. The number of nitrogens with one attached hydrogen (secondary N) is 1. The summed E-state index contributed by atoms with van der Waals surface area (Å²) < 4.78 is 4.92. The van der Waals surface area contributed by atoms with Gasteiger partial charge in [0.1, 0.15) is 0 Å². The van der Waals surface area contributed by atoms with Gasteiger partial charge in [-0.25, -0.2) is 0 Å². The Labute approximate surface area is 99.7 Å². The highest BCUT2D eigenvalue weighted by molar-refractivity contribution is 6.31. The lowest BCUT2D eigenvalue weighted by Gasteiger charge is -2.13. The summed E-state index contributed by atoms with van der Waals surface area (Å²) in [7, 11) is 1.58. The van der Waals surface area contributed by atoms with E-state index < -0.39 is 0 Å². The number of amides is 1. The fourth-order valence-electron chi connectivity index (χ4n) is 1.34. The van der Waals surface area contributed by atoms with E-state index in [0.717, 1.165) is 0 Å². The lowest BCUT2D eigenvalue weighted by molar-refractivity contribution is 0.0905. The van der Waals surface area contributed by atoms with E-state index in [9.17, 15) is 4.79 Å². The Hall–Kier alpha value is -1.26. The van der Waals surface area contributed by atoms with Gasteiger partial charge in [0, 0.05) is 29.4 Å². The SMILES string of the molecule is COCC(C)NC(=O)c1cc(N)cc(Cl)c1. The van der Waals surface area contributed by atoms with Gasteiger partial charge in [-0.3, -0.25) is 4.79 Å². The molecule has 0 fully saturated rings. The molecule has 0 saturated carbocycles. The fourth-order valence-corrected chi connectivity index (χ4v) is 1.59. The molecule has 88 valence electrons. The fraction of sp³-hybridized carbons (Fsp3) is 0.364. The van der Waals surface area contributed by atoms with Gasteiger partial charge in [0.05, 0.1) is 6.61 Å². The van der Waals surface area contributed by atoms with Gasteiger partial charge in [-0.2, -0.15) is 0 Å². The lowest BCUT2D eigenvalue weighted by Crippen LogP contribution is -2.35. The minimum atomic E-state index is -0.209. The molecule has 0 heterocycles. The zero-order chi connectivity index (χ0) is 12.1. The average Bonchev–Trinajstić information content (AvgIpc) is 2.16. The predicted octanol–water partition coefficient (Wildman–Crippen LogP) is 1.69. The number of hydrogen-bond donors (Lipinski definition) is 2. The first-order valence-corrected chi connectivity index (χ1v) is 5.26. The smallest absolute Gasteiger partial charge is 0.251 e. The summed E-state index contributed by atoms with van der Waals surface area (Å²) >= 11 is 5.81. The zero-order valence-electron chi connectivity index (χ0n) is 9.29. The molecule has 1 aromatic carbocycles. The Morgan fingerprint density at radius 3 is 2.81 bits per heavy atom. The number of nitrogen functional groups attached to an aromatic ring is 1. The molecule has 0 aliphatic heterocycles. The van der Waals surface area contributed by atoms with Gasteiger partial charge in [0.25, 0.3) is 5.91 Å². The number of hydrogen-bond acceptors (Lipinski definition) is 3. The molecule has 16 heavy (non-hydrogen) atoms. The largest absolute Gasteiger partial charge is 0.399 e. The van der Waals surface area contributed by atoms with Gasteiger partial charge in [-0.15, -0.1) is 0 Å². The van der Waals surface area contributed by atoms with Gasteiger partial charge in [-0.05, 0) is 25.1 Å². The quantitative estimate of drug-likeness (QED) is 0.790. The Balaban J connectivity index is 2.72. The minimum Gasteiger partial charge on any atom is -0.399 e. The number of carbonyl (C=O) groups excluding carboxylic acids is 1. The number of nitrogens with two attached hydrogens (primary N) is 1. The third-order valence-electron chi connectivity index (χ3n) is 1.98. The number of rotatable bonds is 4. The number of halogens is 1. The van der Waals surface area contributed by atoms with Crippen LogP contribution in [-0.2, 0) is 4.74 Å². The summed E-state index contributed by atoms with van der Waals surface area (Å²) in [4.78, 5) is 11.8. The molecule has 0 aliphatic carbocycles. The molecule has 0 aliphatic rings. The van der Waals surface area contributed by atoms with Crippen LogP contribution in [0.2, 0.25) is 5.02 Å². The van der Waals surface area contributed by atoms with Crippen LogP contribution in [-0.4, -0.2) is 25.7 Å². The Morgan fingerprint density at radius 1 is 1.56 bits per heavy atom. The highest BCUT2D eigenvalue weighted by Gasteiger charge is 2.10. The van der Waals surface area contributed by atoms with Crippen LogP contribution < -0.4 is 11.1 Å². The summed E-state index contributed by atoms with van der Waals surface area (Å²) in [5.41, 5.74) is 6.52. The molecule has 0 saturated heterocycles. The maximum atomic E-state index is 11.8. The van der Waals surface area contributed by atoms with Crippen molar-refractivity contribution in [3.8, 4) is 0 Å². The molecule has 0 aromatic heterocycles. The van der Waals surface area contributed by atoms with Crippen LogP contribution in [0.3, 0.4) is 0 Å². The number of ether oxygens (including phenoxy) is 1. The van der Waals surface area contributed by atoms with E-state index in [1.807, 2.05) is 6.92 Å². The first kappa shape index (κ1) is 12.8. The third kappa shape index (κ3) is 3.72. The van der Waals surface area contributed by atoms with Gasteiger partial charge in [0.2, 0.25) is 0 Å². The van der Waals surface area contributed by atoms with E-state index in [2.05, 4.69) is 5.32 Å². The second-order valence-electron chi connectivity index (χ2n) is 3.60. The lowest BCUT2D eigenvalue weighted by atomic mass is 10.2. The Bertz CT molecular complexity index is 362. The molecule has 0 radical (unpaired) electrons. The molecule has 1 rings (SSSR count). The van der Waals surface area contributed by atoms with Crippen molar-refractivity contribution < 1.29 is 9.53 Å². The van der Waals surface area contributed by atoms with Crippen molar-refractivity contribution in [1.29, 1.82) is 0 Å². The summed E-state index contributed by atoms with van der Waals surface area (Å²) in [6, 6.07) is 4.70. The van der Waals surface area contributed by atoms with Gasteiger partial charge in [0.15, 0.2) is 0 Å². The van der Waals surface area contributed by atoms with E-state index >= 15 is 0 Å². The minimum absolute atomic E-state index is 0.0577. The highest BCUT2D eigenvalue weighted by Crippen LogP contribution is 2.16. The van der Waals surface area contributed by atoms with Gasteiger partial charge < -0.3 is 15.8 Å².